The van der Waals surface area contributed by atoms with Gasteiger partial charge in [-0.05, 0) is 49.9 Å². The summed E-state index contributed by atoms with van der Waals surface area (Å²) in [5.41, 5.74) is 2.53. The minimum atomic E-state index is 0.198. The average Bonchev–Trinajstić information content (AvgIpc) is 3.03. The van der Waals surface area contributed by atoms with E-state index in [9.17, 15) is 4.79 Å². The van der Waals surface area contributed by atoms with Crippen molar-refractivity contribution in [2.75, 3.05) is 36.4 Å². The standard InChI is InChI=1S/C17H25N3O/c1-14(21)19-12-8-16(9-13-19)18-15-4-6-17(7-5-15)20-10-2-3-11-20/h4-7,16,18H,2-3,8-13H2,1H3. The summed E-state index contributed by atoms with van der Waals surface area (Å²) >= 11 is 0. The lowest BCUT2D eigenvalue weighted by Crippen LogP contribution is -2.41. The fraction of sp³-hybridized carbons (Fsp3) is 0.588. The van der Waals surface area contributed by atoms with Crippen molar-refractivity contribution in [2.24, 2.45) is 0 Å². The molecule has 0 saturated carbocycles. The van der Waals surface area contributed by atoms with E-state index in [1.165, 1.54) is 37.3 Å². The molecule has 4 heteroatoms. The Morgan fingerprint density at radius 3 is 2.24 bits per heavy atom. The van der Waals surface area contributed by atoms with Crippen LogP contribution >= 0.6 is 0 Å². The van der Waals surface area contributed by atoms with E-state index in [4.69, 9.17) is 0 Å². The first kappa shape index (κ1) is 14.2. The Kier molecular flexibility index (Phi) is 4.32. The van der Waals surface area contributed by atoms with Gasteiger partial charge in [-0.1, -0.05) is 0 Å². The zero-order valence-corrected chi connectivity index (χ0v) is 12.8. The SMILES string of the molecule is CC(=O)N1CCC(Nc2ccc(N3CCCC3)cc2)CC1. The molecular weight excluding hydrogens is 262 g/mol. The van der Waals surface area contributed by atoms with Crippen LogP contribution in [0.3, 0.4) is 0 Å². The number of rotatable bonds is 3. The molecule has 21 heavy (non-hydrogen) atoms. The predicted octanol–water partition coefficient (Wildman–Crippen LogP) is 2.71. The van der Waals surface area contributed by atoms with Crippen LogP contribution < -0.4 is 10.2 Å². The third-order valence-corrected chi connectivity index (χ3v) is 4.65. The fourth-order valence-corrected chi connectivity index (χ4v) is 3.32. The second-order valence-electron chi connectivity index (χ2n) is 6.17. The fourth-order valence-electron chi connectivity index (χ4n) is 3.32. The molecule has 1 aromatic carbocycles. The van der Waals surface area contributed by atoms with Gasteiger partial charge >= 0.3 is 0 Å². The first-order chi connectivity index (χ1) is 10.2. The third kappa shape index (κ3) is 3.49. The van der Waals surface area contributed by atoms with E-state index in [1.807, 2.05) is 4.90 Å². The highest BCUT2D eigenvalue weighted by Gasteiger charge is 2.20. The Hall–Kier alpha value is -1.71. The normalized spacial score (nSPS) is 19.9. The molecule has 114 valence electrons. The highest BCUT2D eigenvalue weighted by atomic mass is 16.2. The van der Waals surface area contributed by atoms with Crippen LogP contribution in [0.2, 0.25) is 0 Å². The summed E-state index contributed by atoms with van der Waals surface area (Å²) in [6.07, 6.45) is 4.70. The molecule has 2 saturated heterocycles. The van der Waals surface area contributed by atoms with Crippen molar-refractivity contribution in [1.82, 2.24) is 4.90 Å². The van der Waals surface area contributed by atoms with E-state index in [-0.39, 0.29) is 5.91 Å². The molecule has 4 nitrogen and oxygen atoms in total. The molecule has 2 aliphatic heterocycles. The van der Waals surface area contributed by atoms with Gasteiger partial charge in [0.15, 0.2) is 0 Å². The third-order valence-electron chi connectivity index (χ3n) is 4.65. The van der Waals surface area contributed by atoms with Gasteiger partial charge in [-0.2, -0.15) is 0 Å². The van der Waals surface area contributed by atoms with Gasteiger partial charge < -0.3 is 15.1 Å². The zero-order chi connectivity index (χ0) is 14.7. The van der Waals surface area contributed by atoms with Gasteiger partial charge in [0.2, 0.25) is 5.91 Å². The molecule has 0 spiro atoms. The molecule has 1 aromatic rings. The van der Waals surface area contributed by atoms with Crippen molar-refractivity contribution >= 4 is 17.3 Å². The summed E-state index contributed by atoms with van der Waals surface area (Å²) in [6, 6.07) is 9.30. The van der Waals surface area contributed by atoms with Gasteiger partial charge in [-0.25, -0.2) is 0 Å². The van der Waals surface area contributed by atoms with Crippen LogP contribution in [0, 0.1) is 0 Å². The van der Waals surface area contributed by atoms with Gasteiger partial charge in [0.25, 0.3) is 0 Å². The second-order valence-corrected chi connectivity index (χ2v) is 6.17. The number of piperidine rings is 1. The number of amides is 1. The summed E-state index contributed by atoms with van der Waals surface area (Å²) in [4.78, 5) is 15.7. The number of nitrogens with one attached hydrogen (secondary N) is 1. The van der Waals surface area contributed by atoms with E-state index in [0.717, 1.165) is 25.9 Å². The van der Waals surface area contributed by atoms with Crippen molar-refractivity contribution in [3.8, 4) is 0 Å². The van der Waals surface area contributed by atoms with Gasteiger partial charge in [-0.15, -0.1) is 0 Å². The largest absolute Gasteiger partial charge is 0.382 e. The number of hydrogen-bond donors (Lipinski definition) is 1. The van der Waals surface area contributed by atoms with Crippen LogP contribution in [0.1, 0.15) is 32.6 Å². The van der Waals surface area contributed by atoms with E-state index in [2.05, 4.69) is 34.5 Å². The molecule has 0 atom stereocenters. The predicted molar refractivity (Wildman–Crippen MR) is 86.8 cm³/mol. The van der Waals surface area contributed by atoms with Crippen molar-refractivity contribution in [1.29, 1.82) is 0 Å². The molecule has 2 heterocycles. The number of benzene rings is 1. The smallest absolute Gasteiger partial charge is 0.219 e. The lowest BCUT2D eigenvalue weighted by molar-refractivity contribution is -0.129. The summed E-state index contributed by atoms with van der Waals surface area (Å²) in [5, 5.41) is 3.60. The molecule has 1 N–H and O–H groups in total. The molecule has 2 aliphatic rings. The van der Waals surface area contributed by atoms with E-state index < -0.39 is 0 Å². The van der Waals surface area contributed by atoms with Crippen molar-refractivity contribution in [3.63, 3.8) is 0 Å². The molecule has 0 aliphatic carbocycles. The van der Waals surface area contributed by atoms with Crippen LogP contribution in [0.25, 0.3) is 0 Å². The molecular formula is C17H25N3O. The lowest BCUT2D eigenvalue weighted by Gasteiger charge is -2.32. The quantitative estimate of drug-likeness (QED) is 0.928. The second kappa shape index (κ2) is 6.37. The number of nitrogens with zero attached hydrogens (tertiary/aromatic N) is 2. The monoisotopic (exact) mass is 287 g/mol. The molecule has 3 rings (SSSR count). The molecule has 0 unspecified atom stereocenters. The Morgan fingerprint density at radius 1 is 1.05 bits per heavy atom. The van der Waals surface area contributed by atoms with E-state index in [1.54, 1.807) is 6.92 Å². The Balaban J connectivity index is 1.52. The number of anilines is 2. The summed E-state index contributed by atoms with van der Waals surface area (Å²) in [5.74, 6) is 0.198. The van der Waals surface area contributed by atoms with E-state index in [0.29, 0.717) is 6.04 Å². The summed E-state index contributed by atoms with van der Waals surface area (Å²) in [7, 11) is 0. The highest BCUT2D eigenvalue weighted by Crippen LogP contribution is 2.23. The van der Waals surface area contributed by atoms with Crippen LogP contribution in [-0.4, -0.2) is 43.0 Å². The van der Waals surface area contributed by atoms with Crippen molar-refractivity contribution in [2.45, 2.75) is 38.6 Å². The number of carbonyl (C=O) groups excluding carboxylic acids is 1. The Morgan fingerprint density at radius 2 is 1.67 bits per heavy atom. The van der Waals surface area contributed by atoms with Gasteiger partial charge in [0.05, 0.1) is 0 Å². The molecule has 0 aromatic heterocycles. The summed E-state index contributed by atoms with van der Waals surface area (Å²) in [6.45, 7) is 5.79. The molecule has 0 bridgehead atoms. The zero-order valence-electron chi connectivity index (χ0n) is 12.8. The van der Waals surface area contributed by atoms with Crippen LogP contribution in [0.5, 0.6) is 0 Å². The summed E-state index contributed by atoms with van der Waals surface area (Å²) < 4.78 is 0. The van der Waals surface area contributed by atoms with Crippen LogP contribution in [0.15, 0.2) is 24.3 Å². The average molecular weight is 287 g/mol. The minimum Gasteiger partial charge on any atom is -0.382 e. The topological polar surface area (TPSA) is 35.6 Å². The molecule has 2 fully saturated rings. The minimum absolute atomic E-state index is 0.198. The first-order valence-corrected chi connectivity index (χ1v) is 8.09. The number of likely N-dealkylation sites (tertiary alicyclic amines) is 1. The maximum absolute atomic E-state index is 11.3. The lowest BCUT2D eigenvalue weighted by atomic mass is 10.0. The highest BCUT2D eigenvalue weighted by molar-refractivity contribution is 5.73. The number of hydrogen-bond acceptors (Lipinski definition) is 3. The van der Waals surface area contributed by atoms with Crippen molar-refractivity contribution < 1.29 is 4.79 Å². The Bertz CT molecular complexity index is 471. The first-order valence-electron chi connectivity index (χ1n) is 8.09. The molecule has 0 radical (unpaired) electrons. The van der Waals surface area contributed by atoms with Crippen LogP contribution in [-0.2, 0) is 4.79 Å². The van der Waals surface area contributed by atoms with E-state index >= 15 is 0 Å². The van der Waals surface area contributed by atoms with Gasteiger partial charge in [0, 0.05) is 50.5 Å². The van der Waals surface area contributed by atoms with Gasteiger partial charge in [0.1, 0.15) is 0 Å². The van der Waals surface area contributed by atoms with Crippen molar-refractivity contribution in [3.05, 3.63) is 24.3 Å². The molecule has 1 amide bonds. The number of carbonyl (C=O) groups is 1. The maximum Gasteiger partial charge on any atom is 0.219 e. The van der Waals surface area contributed by atoms with Gasteiger partial charge in [-0.3, -0.25) is 4.79 Å². The Labute approximate surface area is 127 Å². The van der Waals surface area contributed by atoms with Crippen LogP contribution in [0.4, 0.5) is 11.4 Å². The maximum atomic E-state index is 11.3.